The zero-order valence-corrected chi connectivity index (χ0v) is 36.1. The van der Waals surface area contributed by atoms with Crippen LogP contribution in [-0.2, 0) is 33.2 Å². The Hall–Kier alpha value is -4.50. The Balaban J connectivity index is 0.000000215. The zero-order chi connectivity index (χ0) is 41.2. The molecule has 0 unspecified atom stereocenters. The van der Waals surface area contributed by atoms with Gasteiger partial charge in [-0.05, 0) is 74.8 Å². The Kier molecular flexibility index (Phi) is 12.6. The number of carbonyl (C=O) groups excluding carboxylic acids is 2. The van der Waals surface area contributed by atoms with E-state index < -0.39 is 0 Å². The summed E-state index contributed by atoms with van der Waals surface area (Å²) >= 11 is 2.88. The third-order valence-corrected chi connectivity index (χ3v) is 12.7. The van der Waals surface area contributed by atoms with Gasteiger partial charge in [0, 0.05) is 35.5 Å². The summed E-state index contributed by atoms with van der Waals surface area (Å²) < 4.78 is 12.3. The van der Waals surface area contributed by atoms with Gasteiger partial charge in [0.05, 0.1) is 39.8 Å². The van der Waals surface area contributed by atoms with Crippen LogP contribution in [0.5, 0.6) is 0 Å². The van der Waals surface area contributed by atoms with E-state index in [0.29, 0.717) is 22.8 Å². The number of benzene rings is 2. The van der Waals surface area contributed by atoms with Crippen molar-refractivity contribution in [2.45, 2.75) is 118 Å². The van der Waals surface area contributed by atoms with Crippen LogP contribution in [0.3, 0.4) is 0 Å². The molecule has 4 heterocycles. The lowest BCUT2D eigenvalue weighted by molar-refractivity contribution is 0.00578. The van der Waals surface area contributed by atoms with Crippen molar-refractivity contribution >= 4 is 47.1 Å². The van der Waals surface area contributed by atoms with E-state index in [9.17, 15) is 14.4 Å². The molecule has 0 aliphatic carbocycles. The number of amides is 2. The van der Waals surface area contributed by atoms with Crippen LogP contribution in [0.15, 0.2) is 65.8 Å². The lowest BCUT2D eigenvalue weighted by atomic mass is 9.78. The SMILES string of the molecule is Cc1cc(-c2cn[nH]c(=O)c2)ccc1CNC(=O)c1cnc(C(C)(C)C)s1.Cc1cc(B2OC(C)(C)C(C)(C)O2)ccc1CNC(=O)c1cnc(C(C)(C)C)s1. The Bertz CT molecular complexity index is 2250. The third kappa shape index (κ3) is 10.3. The van der Waals surface area contributed by atoms with E-state index in [1.54, 1.807) is 18.6 Å². The van der Waals surface area contributed by atoms with Gasteiger partial charge < -0.3 is 19.9 Å². The molecule has 2 aromatic carbocycles. The Labute approximate surface area is 338 Å². The number of aromatic nitrogens is 4. The van der Waals surface area contributed by atoms with E-state index in [1.165, 1.54) is 28.7 Å². The lowest BCUT2D eigenvalue weighted by Crippen LogP contribution is -2.41. The van der Waals surface area contributed by atoms with E-state index in [4.69, 9.17) is 9.31 Å². The van der Waals surface area contributed by atoms with Crippen LogP contribution in [0.25, 0.3) is 11.1 Å². The van der Waals surface area contributed by atoms with Gasteiger partial charge >= 0.3 is 7.12 Å². The van der Waals surface area contributed by atoms with Crippen molar-refractivity contribution in [3.05, 3.63) is 113 Å². The minimum absolute atomic E-state index is 0.0525. The standard InChI is InChI=1S/C22H31BN2O3S.C20H22N4O2S/c1-14-11-16(23-27-21(5,6)22(7,8)28-23)10-9-15(14)12-24-18(26)17-13-25-19(29-17)20(2,3)4;1-12-7-13(15-8-17(25)24-23-10-15)5-6-14(12)9-21-18(26)16-11-22-19(27-16)20(2,3)4/h9-11,13H,12H2,1-8H3,(H,24,26);5-8,10-11H,9H2,1-4H3,(H,21,26)(H,24,25). The molecule has 296 valence electrons. The number of aromatic amines is 1. The molecule has 1 aliphatic rings. The van der Waals surface area contributed by atoms with Gasteiger partial charge in [-0.1, -0.05) is 77.9 Å². The molecule has 1 saturated heterocycles. The first-order valence-electron chi connectivity index (χ1n) is 18.6. The van der Waals surface area contributed by atoms with Gasteiger partial charge in [-0.2, -0.15) is 5.10 Å². The summed E-state index contributed by atoms with van der Waals surface area (Å²) in [6.45, 7) is 25.6. The van der Waals surface area contributed by atoms with Gasteiger partial charge in [-0.15, -0.1) is 22.7 Å². The fraction of sp³-hybridized carbons (Fsp3) is 0.429. The number of carbonyl (C=O) groups is 2. The van der Waals surface area contributed by atoms with Crippen LogP contribution in [0, 0.1) is 13.8 Å². The first-order valence-corrected chi connectivity index (χ1v) is 20.3. The molecule has 6 rings (SSSR count). The van der Waals surface area contributed by atoms with Gasteiger partial charge in [0.1, 0.15) is 9.75 Å². The first kappa shape index (κ1) is 42.6. The molecule has 3 N–H and O–H groups in total. The van der Waals surface area contributed by atoms with Crippen LogP contribution in [0.4, 0.5) is 0 Å². The summed E-state index contributed by atoms with van der Waals surface area (Å²) in [6.07, 6.45) is 4.92. The number of nitrogens with zero attached hydrogens (tertiary/aromatic N) is 3. The minimum Gasteiger partial charge on any atom is -0.399 e. The molecular weight excluding hydrogens is 743 g/mol. The van der Waals surface area contributed by atoms with Crippen molar-refractivity contribution < 1.29 is 18.9 Å². The fourth-order valence-corrected chi connectivity index (χ4v) is 7.41. The maximum atomic E-state index is 12.5. The predicted octanol–water partition coefficient (Wildman–Crippen LogP) is 7.41. The van der Waals surface area contributed by atoms with E-state index in [1.807, 2.05) is 71.9 Å². The van der Waals surface area contributed by atoms with E-state index >= 15 is 0 Å². The number of H-pyrrole nitrogens is 1. The van der Waals surface area contributed by atoms with Crippen molar-refractivity contribution in [3.63, 3.8) is 0 Å². The summed E-state index contributed by atoms with van der Waals surface area (Å²) in [5.74, 6) is -0.210. The summed E-state index contributed by atoms with van der Waals surface area (Å²) in [6, 6.07) is 13.5. The molecule has 56 heavy (non-hydrogen) atoms. The largest absolute Gasteiger partial charge is 0.494 e. The summed E-state index contributed by atoms with van der Waals surface area (Å²) in [5.41, 5.74) is 5.81. The molecule has 5 aromatic rings. The minimum atomic E-state index is -0.379. The highest BCUT2D eigenvalue weighted by Crippen LogP contribution is 2.36. The Morgan fingerprint density at radius 3 is 1.62 bits per heavy atom. The second-order valence-corrected chi connectivity index (χ2v) is 19.2. The molecular formula is C42H53BN6O5S2. The highest BCUT2D eigenvalue weighted by Gasteiger charge is 2.51. The number of thiazole rings is 2. The van der Waals surface area contributed by atoms with Crippen molar-refractivity contribution in [2.75, 3.05) is 0 Å². The second-order valence-electron chi connectivity index (χ2n) is 17.2. The van der Waals surface area contributed by atoms with Gasteiger partial charge in [0.2, 0.25) is 0 Å². The van der Waals surface area contributed by atoms with E-state index in [-0.39, 0.29) is 46.5 Å². The molecule has 1 aliphatic heterocycles. The maximum Gasteiger partial charge on any atom is 0.494 e. The van der Waals surface area contributed by atoms with Gasteiger partial charge in [0.25, 0.3) is 17.4 Å². The number of aryl methyl sites for hydroxylation is 2. The number of hydrogen-bond acceptors (Lipinski definition) is 10. The predicted molar refractivity (Wildman–Crippen MR) is 226 cm³/mol. The average Bonchev–Trinajstić information content (AvgIpc) is 3.86. The van der Waals surface area contributed by atoms with Crippen molar-refractivity contribution in [2.24, 2.45) is 0 Å². The second kappa shape index (κ2) is 16.5. The fourth-order valence-electron chi connectivity index (χ4n) is 5.63. The Morgan fingerprint density at radius 2 is 1.20 bits per heavy atom. The van der Waals surface area contributed by atoms with Crippen molar-refractivity contribution in [1.29, 1.82) is 0 Å². The summed E-state index contributed by atoms with van der Waals surface area (Å²) in [4.78, 5) is 46.3. The first-order chi connectivity index (χ1) is 26.0. The van der Waals surface area contributed by atoms with Gasteiger partial charge in [0.15, 0.2) is 0 Å². The molecule has 3 aromatic heterocycles. The van der Waals surface area contributed by atoms with Crippen LogP contribution >= 0.6 is 22.7 Å². The zero-order valence-electron chi connectivity index (χ0n) is 34.5. The molecule has 0 spiro atoms. The molecule has 11 nitrogen and oxygen atoms in total. The molecule has 0 saturated carbocycles. The topological polar surface area (TPSA) is 148 Å². The normalized spacial score (nSPS) is 14.9. The molecule has 0 atom stereocenters. The number of rotatable bonds is 8. The monoisotopic (exact) mass is 796 g/mol. The maximum absolute atomic E-state index is 12.5. The number of hydrogen-bond donors (Lipinski definition) is 3. The van der Waals surface area contributed by atoms with E-state index in [0.717, 1.165) is 48.9 Å². The quantitative estimate of drug-likeness (QED) is 0.138. The van der Waals surface area contributed by atoms with E-state index in [2.05, 4.69) is 78.4 Å². The molecule has 14 heteroatoms. The van der Waals surface area contributed by atoms with Crippen molar-refractivity contribution in [1.82, 2.24) is 30.8 Å². The molecule has 0 bridgehead atoms. The summed E-state index contributed by atoms with van der Waals surface area (Å²) in [7, 11) is -0.379. The molecule has 2 amide bonds. The average molecular weight is 797 g/mol. The number of nitrogens with one attached hydrogen (secondary N) is 3. The third-order valence-electron chi connectivity index (χ3n) is 9.85. The Morgan fingerprint density at radius 1 is 0.714 bits per heavy atom. The van der Waals surface area contributed by atoms with Crippen LogP contribution in [-0.4, -0.2) is 50.3 Å². The summed E-state index contributed by atoms with van der Waals surface area (Å²) in [5, 5.41) is 14.1. The molecule has 0 radical (unpaired) electrons. The van der Waals surface area contributed by atoms with Crippen molar-refractivity contribution in [3.8, 4) is 11.1 Å². The molecule has 1 fully saturated rings. The smallest absolute Gasteiger partial charge is 0.399 e. The van der Waals surface area contributed by atoms with Crippen LogP contribution < -0.4 is 21.7 Å². The highest BCUT2D eigenvalue weighted by atomic mass is 32.1. The van der Waals surface area contributed by atoms with Crippen LogP contribution in [0.2, 0.25) is 0 Å². The van der Waals surface area contributed by atoms with Gasteiger partial charge in [-0.25, -0.2) is 15.1 Å². The lowest BCUT2D eigenvalue weighted by Gasteiger charge is -2.32. The van der Waals surface area contributed by atoms with Crippen LogP contribution in [0.1, 0.15) is 121 Å². The highest BCUT2D eigenvalue weighted by molar-refractivity contribution is 7.14. The van der Waals surface area contributed by atoms with Gasteiger partial charge in [-0.3, -0.25) is 14.4 Å².